The minimum atomic E-state index is 0.559. The molecular formula is C51H29N3O2S. The zero-order chi connectivity index (χ0) is 37.5. The van der Waals surface area contributed by atoms with Crippen molar-refractivity contribution in [2.75, 3.05) is 0 Å². The molecule has 266 valence electrons. The molecule has 0 saturated heterocycles. The lowest BCUT2D eigenvalue weighted by molar-refractivity contribution is 0.668. The summed E-state index contributed by atoms with van der Waals surface area (Å²) in [4.78, 5) is 15.4. The highest BCUT2D eigenvalue weighted by Crippen LogP contribution is 2.39. The highest BCUT2D eigenvalue weighted by Gasteiger charge is 2.17. The predicted molar refractivity (Wildman–Crippen MR) is 234 cm³/mol. The molecule has 0 aliphatic rings. The third-order valence-electron chi connectivity index (χ3n) is 10.9. The van der Waals surface area contributed by atoms with Gasteiger partial charge < -0.3 is 8.83 Å². The lowest BCUT2D eigenvalue weighted by Crippen LogP contribution is -2.00. The fourth-order valence-corrected chi connectivity index (χ4v) is 9.24. The first-order chi connectivity index (χ1) is 28.2. The second-order valence-corrected chi connectivity index (χ2v) is 15.5. The predicted octanol–water partition coefficient (Wildman–Crippen LogP) is 14.4. The fraction of sp³-hybridized carbons (Fsp3) is 0. The van der Waals surface area contributed by atoms with Gasteiger partial charge in [-0.1, -0.05) is 115 Å². The molecule has 12 aromatic rings. The zero-order valence-electron chi connectivity index (χ0n) is 30.3. The number of thiophene rings is 1. The maximum Gasteiger partial charge on any atom is 0.164 e. The molecule has 0 N–H and O–H groups in total. The van der Waals surface area contributed by atoms with E-state index in [0.717, 1.165) is 77.3 Å². The summed E-state index contributed by atoms with van der Waals surface area (Å²) < 4.78 is 15.3. The van der Waals surface area contributed by atoms with Crippen molar-refractivity contribution < 1.29 is 8.83 Å². The van der Waals surface area contributed by atoms with Gasteiger partial charge in [0.1, 0.15) is 22.3 Å². The number of hydrogen-bond donors (Lipinski definition) is 0. The van der Waals surface area contributed by atoms with Crippen LogP contribution in [0.4, 0.5) is 0 Å². The first-order valence-corrected chi connectivity index (χ1v) is 19.7. The van der Waals surface area contributed by atoms with E-state index in [1.165, 1.54) is 25.7 Å². The van der Waals surface area contributed by atoms with Crippen molar-refractivity contribution in [2.45, 2.75) is 0 Å². The Morgan fingerprint density at radius 1 is 0.281 bits per heavy atom. The summed E-state index contributed by atoms with van der Waals surface area (Å²) in [6.45, 7) is 0. The van der Waals surface area contributed by atoms with Crippen molar-refractivity contribution in [1.29, 1.82) is 0 Å². The third-order valence-corrected chi connectivity index (χ3v) is 12.1. The molecule has 0 fully saturated rings. The molecule has 0 saturated carbocycles. The van der Waals surface area contributed by atoms with Crippen molar-refractivity contribution in [2.24, 2.45) is 0 Å². The molecule has 4 heterocycles. The lowest BCUT2D eigenvalue weighted by atomic mass is 10.0. The van der Waals surface area contributed by atoms with Gasteiger partial charge in [0, 0.05) is 58.4 Å². The molecule has 8 aromatic carbocycles. The molecule has 5 nitrogen and oxygen atoms in total. The first kappa shape index (κ1) is 31.9. The highest BCUT2D eigenvalue weighted by atomic mass is 32.1. The van der Waals surface area contributed by atoms with E-state index in [0.29, 0.717) is 17.5 Å². The molecular weight excluding hydrogens is 719 g/mol. The van der Waals surface area contributed by atoms with E-state index < -0.39 is 0 Å². The van der Waals surface area contributed by atoms with E-state index in [1.54, 1.807) is 0 Å². The standard InChI is InChI=1S/C51H29N3O2S/c1-2-9-30(10-3-1)32-20-24-44-42(26-32)39-22-19-36(28-46(39)56-44)51-53-49(52-50(54-51)35-18-21-38-37-13-4-6-15-43(37)55-45(38)27-35)34-12-8-11-31(25-34)33-17-23-41-40-14-5-7-16-47(40)57-48(41)29-33/h1-29H. The summed E-state index contributed by atoms with van der Waals surface area (Å²) in [7, 11) is 0. The molecule has 12 rings (SSSR count). The topological polar surface area (TPSA) is 65.0 Å². The normalized spacial score (nSPS) is 11.9. The van der Waals surface area contributed by atoms with Crippen LogP contribution in [0.1, 0.15) is 0 Å². The number of rotatable bonds is 5. The molecule has 0 atom stereocenters. The average Bonchev–Trinajstić information content (AvgIpc) is 3.96. The molecule has 6 heteroatoms. The molecule has 57 heavy (non-hydrogen) atoms. The van der Waals surface area contributed by atoms with E-state index in [-0.39, 0.29) is 0 Å². The van der Waals surface area contributed by atoms with Gasteiger partial charge in [-0.2, -0.15) is 0 Å². The van der Waals surface area contributed by atoms with Gasteiger partial charge in [-0.25, -0.2) is 15.0 Å². The summed E-state index contributed by atoms with van der Waals surface area (Å²) in [5.41, 5.74) is 10.4. The van der Waals surface area contributed by atoms with Crippen LogP contribution in [0, 0.1) is 0 Å². The Morgan fingerprint density at radius 2 is 0.772 bits per heavy atom. The SMILES string of the molecule is c1ccc(-c2ccc3oc4cc(-c5nc(-c6cccc(-c7ccc8c(c7)sc7ccccc78)c6)nc(-c6ccc7c(c6)oc6ccccc67)n5)ccc4c3c2)cc1. The molecule has 0 radical (unpaired) electrons. The number of aromatic nitrogens is 3. The number of para-hydroxylation sites is 1. The van der Waals surface area contributed by atoms with Gasteiger partial charge >= 0.3 is 0 Å². The van der Waals surface area contributed by atoms with Crippen molar-refractivity contribution >= 4 is 75.4 Å². The number of hydrogen-bond acceptors (Lipinski definition) is 6. The monoisotopic (exact) mass is 747 g/mol. The first-order valence-electron chi connectivity index (χ1n) is 18.9. The number of benzene rings is 8. The van der Waals surface area contributed by atoms with Crippen molar-refractivity contribution in [3.05, 3.63) is 176 Å². The Kier molecular flexibility index (Phi) is 7.03. The van der Waals surface area contributed by atoms with Crippen LogP contribution in [0.25, 0.3) is 120 Å². The number of fused-ring (bicyclic) bond motifs is 9. The highest BCUT2D eigenvalue weighted by molar-refractivity contribution is 7.25. The average molecular weight is 748 g/mol. The van der Waals surface area contributed by atoms with Gasteiger partial charge in [0.2, 0.25) is 0 Å². The summed E-state index contributed by atoms with van der Waals surface area (Å²) in [5, 5.41) is 6.82. The van der Waals surface area contributed by atoms with Crippen LogP contribution in [-0.2, 0) is 0 Å². The maximum absolute atomic E-state index is 6.44. The maximum atomic E-state index is 6.44. The van der Waals surface area contributed by atoms with E-state index >= 15 is 0 Å². The Bertz CT molecular complexity index is 3540. The van der Waals surface area contributed by atoms with E-state index in [2.05, 4.69) is 140 Å². The van der Waals surface area contributed by atoms with E-state index in [9.17, 15) is 0 Å². The van der Waals surface area contributed by atoms with Gasteiger partial charge in [-0.05, 0) is 82.9 Å². The molecule has 0 aliphatic carbocycles. The van der Waals surface area contributed by atoms with Crippen LogP contribution in [0.2, 0.25) is 0 Å². The zero-order valence-corrected chi connectivity index (χ0v) is 31.1. The largest absolute Gasteiger partial charge is 0.456 e. The number of furan rings is 2. The Morgan fingerprint density at radius 3 is 1.54 bits per heavy atom. The van der Waals surface area contributed by atoms with Crippen LogP contribution < -0.4 is 0 Å². The van der Waals surface area contributed by atoms with Crippen LogP contribution in [0.3, 0.4) is 0 Å². The minimum absolute atomic E-state index is 0.559. The molecule has 0 unspecified atom stereocenters. The smallest absolute Gasteiger partial charge is 0.164 e. The Hall–Kier alpha value is -7.41. The summed E-state index contributed by atoms with van der Waals surface area (Å²) >= 11 is 1.83. The molecule has 0 aliphatic heterocycles. The Labute approximate surface area is 330 Å². The van der Waals surface area contributed by atoms with Gasteiger partial charge in [0.05, 0.1) is 0 Å². The summed E-state index contributed by atoms with van der Waals surface area (Å²) in [5.74, 6) is 1.71. The molecule has 0 spiro atoms. The van der Waals surface area contributed by atoms with Gasteiger partial charge in [0.15, 0.2) is 17.5 Å². The molecule has 4 aromatic heterocycles. The van der Waals surface area contributed by atoms with Gasteiger partial charge in [0.25, 0.3) is 0 Å². The molecule has 0 bridgehead atoms. The molecule has 0 amide bonds. The second-order valence-electron chi connectivity index (χ2n) is 14.4. The second kappa shape index (κ2) is 12.6. The van der Waals surface area contributed by atoms with Crippen LogP contribution in [-0.4, -0.2) is 15.0 Å². The van der Waals surface area contributed by atoms with E-state index in [4.69, 9.17) is 23.8 Å². The quantitative estimate of drug-likeness (QED) is 0.175. The van der Waals surface area contributed by atoms with Crippen molar-refractivity contribution in [3.63, 3.8) is 0 Å². The summed E-state index contributed by atoms with van der Waals surface area (Å²) in [6, 6.07) is 61.1. The van der Waals surface area contributed by atoms with E-state index in [1.807, 2.05) is 47.7 Å². The van der Waals surface area contributed by atoms with Gasteiger partial charge in [-0.3, -0.25) is 0 Å². The van der Waals surface area contributed by atoms with Crippen LogP contribution in [0.5, 0.6) is 0 Å². The summed E-state index contributed by atoms with van der Waals surface area (Å²) in [6.07, 6.45) is 0. The minimum Gasteiger partial charge on any atom is -0.456 e. The van der Waals surface area contributed by atoms with Crippen LogP contribution >= 0.6 is 11.3 Å². The van der Waals surface area contributed by atoms with Crippen molar-refractivity contribution in [1.82, 2.24) is 15.0 Å². The van der Waals surface area contributed by atoms with Crippen LogP contribution in [0.15, 0.2) is 185 Å². The Balaban J connectivity index is 0.999. The fourth-order valence-electron chi connectivity index (χ4n) is 8.10. The third kappa shape index (κ3) is 5.34. The number of nitrogens with zero attached hydrogens (tertiary/aromatic N) is 3. The lowest BCUT2D eigenvalue weighted by Gasteiger charge is -2.10. The van der Waals surface area contributed by atoms with Crippen molar-refractivity contribution in [3.8, 4) is 56.4 Å². The van der Waals surface area contributed by atoms with Gasteiger partial charge in [-0.15, -0.1) is 11.3 Å².